The monoisotopic (exact) mass is 458 g/mol. The number of halogens is 1. The molecule has 2 aromatic heterocycles. The second-order valence-electron chi connectivity index (χ2n) is 7.04. The number of carbonyl (C=O) groups excluding carboxylic acids is 2. The molecule has 0 atom stereocenters. The number of hydroxylamine groups is 1. The first-order valence-electron chi connectivity index (χ1n) is 9.66. The second-order valence-corrected chi connectivity index (χ2v) is 7.44. The van der Waals surface area contributed by atoms with E-state index in [1.165, 1.54) is 13.3 Å². The number of carbonyl (C=O) groups is 2. The highest BCUT2D eigenvalue weighted by Crippen LogP contribution is 2.35. The van der Waals surface area contributed by atoms with Gasteiger partial charge in [-0.25, -0.2) is 15.1 Å². The van der Waals surface area contributed by atoms with E-state index in [2.05, 4.69) is 26.2 Å². The number of amides is 1. The van der Waals surface area contributed by atoms with Gasteiger partial charge in [0.15, 0.2) is 5.75 Å². The SMILES string of the molecule is CONC(=O)c1cccc(OC=O)c1Nc1cc(Nc2cc(C)nn2C(C)C)ncc1Cl. The number of anilines is 4. The Morgan fingerprint density at radius 3 is 2.72 bits per heavy atom. The number of hydrogen-bond acceptors (Lipinski definition) is 8. The first-order chi connectivity index (χ1) is 15.3. The first kappa shape index (κ1) is 23.0. The topological polar surface area (TPSA) is 119 Å². The van der Waals surface area contributed by atoms with E-state index in [-0.39, 0.29) is 29.5 Å². The Labute approximate surface area is 189 Å². The molecule has 0 aliphatic rings. The maximum atomic E-state index is 12.4. The number of para-hydroxylation sites is 1. The summed E-state index contributed by atoms with van der Waals surface area (Å²) in [5.74, 6) is 0.865. The zero-order valence-corrected chi connectivity index (χ0v) is 18.7. The van der Waals surface area contributed by atoms with Crippen molar-refractivity contribution in [1.82, 2.24) is 20.2 Å². The van der Waals surface area contributed by atoms with E-state index >= 15 is 0 Å². The minimum atomic E-state index is -0.536. The lowest BCUT2D eigenvalue weighted by Crippen LogP contribution is -2.23. The summed E-state index contributed by atoms with van der Waals surface area (Å²) in [6, 6.07) is 8.38. The number of hydrogen-bond donors (Lipinski definition) is 3. The number of nitrogens with one attached hydrogen (secondary N) is 3. The molecule has 3 aromatic rings. The Bertz CT molecular complexity index is 1130. The molecule has 0 aliphatic heterocycles. The quantitative estimate of drug-likeness (QED) is 0.323. The molecule has 2 heterocycles. The number of rotatable bonds is 9. The highest BCUT2D eigenvalue weighted by Gasteiger charge is 2.18. The first-order valence-corrected chi connectivity index (χ1v) is 10.0. The standard InChI is InChI=1S/C21H23ClN6O4/c1-12(2)28-19(8-13(3)26-28)25-18-9-16(15(22)10-23-18)24-20-14(21(30)27-31-4)6-5-7-17(20)32-11-29/h5-12H,1-4H3,(H,27,30)(H2,23,24,25). The van der Waals surface area contributed by atoms with Crippen LogP contribution in [0.4, 0.5) is 23.0 Å². The summed E-state index contributed by atoms with van der Waals surface area (Å²) in [7, 11) is 1.32. The Morgan fingerprint density at radius 2 is 2.03 bits per heavy atom. The maximum Gasteiger partial charge on any atom is 0.298 e. The van der Waals surface area contributed by atoms with Crippen molar-refractivity contribution in [2.75, 3.05) is 17.7 Å². The fourth-order valence-corrected chi connectivity index (χ4v) is 3.17. The molecule has 1 aromatic carbocycles. The molecular weight excluding hydrogens is 436 g/mol. The molecule has 3 rings (SSSR count). The van der Waals surface area contributed by atoms with Crippen molar-refractivity contribution in [3.63, 3.8) is 0 Å². The lowest BCUT2D eigenvalue weighted by molar-refractivity contribution is -0.120. The van der Waals surface area contributed by atoms with Crippen LogP contribution >= 0.6 is 11.6 Å². The van der Waals surface area contributed by atoms with Crippen molar-refractivity contribution in [1.29, 1.82) is 0 Å². The van der Waals surface area contributed by atoms with Gasteiger partial charge in [0.25, 0.3) is 12.4 Å². The van der Waals surface area contributed by atoms with Crippen LogP contribution in [0.2, 0.25) is 5.02 Å². The van der Waals surface area contributed by atoms with Crippen molar-refractivity contribution in [3.05, 3.63) is 52.8 Å². The summed E-state index contributed by atoms with van der Waals surface area (Å²) in [6.45, 7) is 6.23. The number of pyridine rings is 1. The molecule has 0 saturated carbocycles. The normalized spacial score (nSPS) is 10.7. The van der Waals surface area contributed by atoms with E-state index in [4.69, 9.17) is 21.2 Å². The number of aryl methyl sites for hydroxylation is 1. The molecule has 0 fully saturated rings. The predicted octanol–water partition coefficient (Wildman–Crippen LogP) is 4.13. The van der Waals surface area contributed by atoms with E-state index in [1.807, 2.05) is 31.5 Å². The van der Waals surface area contributed by atoms with Crippen LogP contribution in [0.5, 0.6) is 5.75 Å². The smallest absolute Gasteiger partial charge is 0.298 e. The van der Waals surface area contributed by atoms with Gasteiger partial charge in [-0.15, -0.1) is 0 Å². The van der Waals surface area contributed by atoms with Gasteiger partial charge in [-0.05, 0) is 32.9 Å². The third-order valence-electron chi connectivity index (χ3n) is 4.36. The summed E-state index contributed by atoms with van der Waals surface area (Å²) >= 11 is 6.35. The van der Waals surface area contributed by atoms with Gasteiger partial charge in [0, 0.05) is 18.2 Å². The summed E-state index contributed by atoms with van der Waals surface area (Å²) < 4.78 is 6.89. The fraction of sp³-hybridized carbons (Fsp3) is 0.238. The molecular formula is C21H23ClN6O4. The molecule has 32 heavy (non-hydrogen) atoms. The minimum absolute atomic E-state index is 0.139. The molecule has 0 radical (unpaired) electrons. The summed E-state index contributed by atoms with van der Waals surface area (Å²) in [5, 5.41) is 11.1. The van der Waals surface area contributed by atoms with Gasteiger partial charge >= 0.3 is 0 Å². The molecule has 0 bridgehead atoms. The summed E-state index contributed by atoms with van der Waals surface area (Å²) in [4.78, 5) is 32.4. The van der Waals surface area contributed by atoms with Crippen LogP contribution in [0.25, 0.3) is 0 Å². The van der Waals surface area contributed by atoms with Gasteiger partial charge < -0.3 is 15.4 Å². The van der Waals surface area contributed by atoms with Gasteiger partial charge in [0.05, 0.1) is 41.0 Å². The van der Waals surface area contributed by atoms with Crippen molar-refractivity contribution < 1.29 is 19.2 Å². The Balaban J connectivity index is 1.98. The highest BCUT2D eigenvalue weighted by atomic mass is 35.5. The average molecular weight is 459 g/mol. The van der Waals surface area contributed by atoms with Crippen LogP contribution in [0.15, 0.2) is 36.5 Å². The molecule has 168 valence electrons. The van der Waals surface area contributed by atoms with Gasteiger partial charge in [-0.3, -0.25) is 14.4 Å². The van der Waals surface area contributed by atoms with Crippen LogP contribution in [-0.4, -0.2) is 34.3 Å². The molecule has 1 amide bonds. The van der Waals surface area contributed by atoms with Crippen LogP contribution in [0, 0.1) is 6.92 Å². The summed E-state index contributed by atoms with van der Waals surface area (Å²) in [5.41, 5.74) is 3.96. The zero-order chi connectivity index (χ0) is 23.3. The molecule has 11 heteroatoms. The van der Waals surface area contributed by atoms with Gasteiger partial charge in [-0.1, -0.05) is 17.7 Å². The summed E-state index contributed by atoms with van der Waals surface area (Å²) in [6.07, 6.45) is 1.47. The number of aromatic nitrogens is 3. The lowest BCUT2D eigenvalue weighted by Gasteiger charge is -2.17. The third kappa shape index (κ3) is 5.16. The molecule has 0 unspecified atom stereocenters. The Morgan fingerprint density at radius 1 is 1.25 bits per heavy atom. The molecule has 3 N–H and O–H groups in total. The Kier molecular flexibility index (Phi) is 7.29. The predicted molar refractivity (Wildman–Crippen MR) is 121 cm³/mol. The molecule has 0 aliphatic carbocycles. The number of nitrogens with zero attached hydrogens (tertiary/aromatic N) is 3. The van der Waals surface area contributed by atoms with Gasteiger partial charge in [0.1, 0.15) is 11.6 Å². The van der Waals surface area contributed by atoms with E-state index in [0.717, 1.165) is 11.5 Å². The van der Waals surface area contributed by atoms with Crippen molar-refractivity contribution in [2.45, 2.75) is 26.8 Å². The van der Waals surface area contributed by atoms with Crippen LogP contribution in [0.1, 0.15) is 35.9 Å². The molecule has 0 spiro atoms. The van der Waals surface area contributed by atoms with E-state index in [9.17, 15) is 9.59 Å². The maximum absolute atomic E-state index is 12.4. The zero-order valence-electron chi connectivity index (χ0n) is 18.0. The van der Waals surface area contributed by atoms with E-state index in [1.54, 1.807) is 24.3 Å². The van der Waals surface area contributed by atoms with Crippen molar-refractivity contribution >= 4 is 47.0 Å². The molecule has 0 saturated heterocycles. The average Bonchev–Trinajstić information content (AvgIpc) is 3.12. The minimum Gasteiger partial charge on any atom is -0.426 e. The Hall–Kier alpha value is -3.63. The second kappa shape index (κ2) is 10.1. The number of benzene rings is 1. The largest absolute Gasteiger partial charge is 0.426 e. The van der Waals surface area contributed by atoms with Crippen LogP contribution < -0.4 is 20.9 Å². The van der Waals surface area contributed by atoms with Crippen LogP contribution in [0.3, 0.4) is 0 Å². The van der Waals surface area contributed by atoms with Gasteiger partial charge in [0.2, 0.25) is 0 Å². The van der Waals surface area contributed by atoms with E-state index < -0.39 is 5.91 Å². The molecule has 10 nitrogen and oxygen atoms in total. The van der Waals surface area contributed by atoms with E-state index in [0.29, 0.717) is 16.5 Å². The van der Waals surface area contributed by atoms with Crippen LogP contribution in [-0.2, 0) is 9.63 Å². The number of ether oxygens (including phenoxy) is 1. The lowest BCUT2D eigenvalue weighted by atomic mass is 10.1. The van der Waals surface area contributed by atoms with Gasteiger partial charge in [-0.2, -0.15) is 5.10 Å². The highest BCUT2D eigenvalue weighted by molar-refractivity contribution is 6.33. The fourth-order valence-electron chi connectivity index (χ4n) is 3.02. The van der Waals surface area contributed by atoms with Crippen molar-refractivity contribution in [2.24, 2.45) is 0 Å². The van der Waals surface area contributed by atoms with Crippen molar-refractivity contribution in [3.8, 4) is 5.75 Å². The third-order valence-corrected chi connectivity index (χ3v) is 4.66.